The molecule has 8 heavy (non-hydrogen) atoms. The van der Waals surface area contributed by atoms with Crippen molar-refractivity contribution in [1.29, 1.82) is 0 Å². The Kier molecular flexibility index (Phi) is 3.19. The van der Waals surface area contributed by atoms with E-state index in [-0.39, 0.29) is 0 Å². The zero-order valence-corrected chi connectivity index (χ0v) is 7.13. The molecule has 0 heterocycles. The quantitative estimate of drug-likeness (QED) is 0.319. The van der Waals surface area contributed by atoms with E-state index in [2.05, 4.69) is 19.4 Å². The van der Waals surface area contributed by atoms with Gasteiger partial charge in [0.1, 0.15) is 0 Å². The van der Waals surface area contributed by atoms with Crippen molar-refractivity contribution >= 4 is 18.5 Å². The minimum Gasteiger partial charge on any atom is -0.150 e. The molecule has 0 radical (unpaired) electrons. The second kappa shape index (κ2) is 3.16. The van der Waals surface area contributed by atoms with E-state index in [0.29, 0.717) is 0 Å². The van der Waals surface area contributed by atoms with Gasteiger partial charge in [-0.2, -0.15) is 11.1 Å². The van der Waals surface area contributed by atoms with Crippen molar-refractivity contribution in [3.05, 3.63) is 0 Å². The first-order valence-electron chi connectivity index (χ1n) is 2.85. The van der Waals surface area contributed by atoms with Crippen LogP contribution in [0.15, 0.2) is 0 Å². The third-order valence-corrected chi connectivity index (χ3v) is 6.07. The van der Waals surface area contributed by atoms with E-state index in [1.165, 1.54) is 0 Å². The Morgan fingerprint density at radius 2 is 1.88 bits per heavy atom. The topological polar surface area (TPSA) is 0 Å². The van der Waals surface area contributed by atoms with E-state index in [1.54, 1.807) is 0 Å². The molecule has 0 atom stereocenters. The summed E-state index contributed by atoms with van der Waals surface area (Å²) in [7, 11) is -1.67. The molecule has 0 aromatic carbocycles. The zero-order chi connectivity index (χ0) is 6.62. The van der Waals surface area contributed by atoms with Gasteiger partial charge in [-0.15, -0.1) is 12.0 Å². The van der Waals surface area contributed by atoms with E-state index in [0.717, 1.165) is 12.1 Å². The Morgan fingerprint density at radius 1 is 1.50 bits per heavy atom. The average Bonchev–Trinajstić information content (AvgIpc) is 1.87. The molecule has 46 valence electrons. The molecule has 2 heteroatoms. The third kappa shape index (κ3) is 1.89. The highest BCUT2D eigenvalue weighted by atomic mass is 35.6. The Morgan fingerprint density at radius 3 is 1.88 bits per heavy atom. The number of halogens is 1. The van der Waals surface area contributed by atoms with E-state index in [9.17, 15) is 0 Å². The minimum absolute atomic E-state index is 0.988. The number of hydrogen-bond donors (Lipinski definition) is 0. The van der Waals surface area contributed by atoms with Gasteiger partial charge in [-0.25, -0.2) is 0 Å². The lowest BCUT2D eigenvalue weighted by Gasteiger charge is -2.10. The van der Waals surface area contributed by atoms with Crippen molar-refractivity contribution in [2.24, 2.45) is 0 Å². The van der Waals surface area contributed by atoms with Gasteiger partial charge in [-0.1, -0.05) is 13.8 Å². The van der Waals surface area contributed by atoms with Crippen LogP contribution in [-0.4, -0.2) is 7.38 Å². The van der Waals surface area contributed by atoms with Crippen LogP contribution in [-0.2, 0) is 0 Å². The summed E-state index contributed by atoms with van der Waals surface area (Å²) in [5, 5.41) is 0. The van der Waals surface area contributed by atoms with Crippen LogP contribution < -0.4 is 0 Å². The Labute approximate surface area is 57.0 Å². The molecule has 0 aliphatic heterocycles. The molecular weight excluding hydrogens is 136 g/mol. The number of hydrogen-bond acceptors (Lipinski definition) is 0. The molecule has 0 amide bonds. The predicted octanol–water partition coefficient (Wildman–Crippen LogP) is 2.38. The molecule has 0 fully saturated rings. The fraction of sp³-hybridized carbons (Fsp3) is 0.667. The summed E-state index contributed by atoms with van der Waals surface area (Å²) in [6.45, 7) is 4.12. The highest BCUT2D eigenvalue weighted by molar-refractivity contribution is 7.24. The Bertz CT molecular complexity index is 99.6. The number of terminal acetylenes is 1. The molecule has 0 aromatic rings. The SMILES string of the molecule is C#C[Si](Cl)(CC)CC. The fourth-order valence-electron chi connectivity index (χ4n) is 0.454. The first-order valence-corrected chi connectivity index (χ1v) is 6.28. The molecule has 0 aromatic heterocycles. The first-order chi connectivity index (χ1) is 3.68. The summed E-state index contributed by atoms with van der Waals surface area (Å²) in [5.74, 6) is 0. The van der Waals surface area contributed by atoms with Gasteiger partial charge < -0.3 is 0 Å². The third-order valence-electron chi connectivity index (χ3n) is 1.38. The highest BCUT2D eigenvalue weighted by Crippen LogP contribution is 2.17. The molecule has 0 saturated carbocycles. The molecule has 0 unspecified atom stereocenters. The van der Waals surface area contributed by atoms with Crippen molar-refractivity contribution in [1.82, 2.24) is 0 Å². The lowest BCUT2D eigenvalue weighted by molar-refractivity contribution is 1.32. The molecule has 0 N–H and O–H groups in total. The van der Waals surface area contributed by atoms with Gasteiger partial charge in [0, 0.05) is 0 Å². The van der Waals surface area contributed by atoms with Gasteiger partial charge in [-0.3, -0.25) is 0 Å². The maximum atomic E-state index is 6.00. The van der Waals surface area contributed by atoms with E-state index < -0.39 is 7.38 Å². The predicted molar refractivity (Wildman–Crippen MR) is 41.4 cm³/mol. The zero-order valence-electron chi connectivity index (χ0n) is 5.37. The lowest BCUT2D eigenvalue weighted by Crippen LogP contribution is -2.21. The fourth-order valence-corrected chi connectivity index (χ4v) is 1.36. The monoisotopic (exact) mass is 146 g/mol. The van der Waals surface area contributed by atoms with Crippen molar-refractivity contribution in [3.8, 4) is 12.0 Å². The second-order valence-corrected chi connectivity index (χ2v) is 7.62. The largest absolute Gasteiger partial charge is 0.233 e. The number of rotatable bonds is 2. The van der Waals surface area contributed by atoms with Crippen LogP contribution >= 0.6 is 11.1 Å². The molecule has 0 rings (SSSR count). The summed E-state index contributed by atoms with van der Waals surface area (Å²) >= 11 is 6.00. The van der Waals surface area contributed by atoms with Gasteiger partial charge in [0.15, 0.2) is 0 Å². The van der Waals surface area contributed by atoms with E-state index >= 15 is 0 Å². The van der Waals surface area contributed by atoms with Crippen LogP contribution in [0.3, 0.4) is 0 Å². The molecule has 0 nitrogen and oxygen atoms in total. The standard InChI is InChI=1S/C6H11ClSi/c1-4-8(7,5-2)6-3/h1H,5-6H2,2-3H3. The summed E-state index contributed by atoms with van der Waals surface area (Å²) < 4.78 is 0. The van der Waals surface area contributed by atoms with Crippen molar-refractivity contribution in [2.75, 3.05) is 0 Å². The van der Waals surface area contributed by atoms with Crippen LogP contribution in [0, 0.1) is 12.0 Å². The van der Waals surface area contributed by atoms with Crippen molar-refractivity contribution in [3.63, 3.8) is 0 Å². The average molecular weight is 147 g/mol. The minimum atomic E-state index is -1.67. The van der Waals surface area contributed by atoms with Gasteiger partial charge in [0.05, 0.1) is 0 Å². The van der Waals surface area contributed by atoms with E-state index in [1.807, 2.05) is 0 Å². The summed E-state index contributed by atoms with van der Waals surface area (Å²) in [6, 6.07) is 1.98. The Hall–Kier alpha value is 0.0669. The maximum Gasteiger partial charge on any atom is 0.233 e. The highest BCUT2D eigenvalue weighted by Gasteiger charge is 2.22. The molecule has 0 aliphatic carbocycles. The van der Waals surface area contributed by atoms with Crippen molar-refractivity contribution in [2.45, 2.75) is 25.9 Å². The van der Waals surface area contributed by atoms with Gasteiger partial charge in [0.2, 0.25) is 7.38 Å². The maximum absolute atomic E-state index is 6.00. The smallest absolute Gasteiger partial charge is 0.150 e. The molecule has 0 spiro atoms. The molecule has 0 saturated heterocycles. The molecule has 0 aliphatic rings. The van der Waals surface area contributed by atoms with Gasteiger partial charge >= 0.3 is 0 Å². The Balaban J connectivity index is 3.83. The first kappa shape index (κ1) is 8.07. The molecular formula is C6H11ClSi. The van der Waals surface area contributed by atoms with Crippen LogP contribution in [0.1, 0.15) is 13.8 Å². The van der Waals surface area contributed by atoms with Gasteiger partial charge in [-0.05, 0) is 12.1 Å². The summed E-state index contributed by atoms with van der Waals surface area (Å²) in [6.07, 6.45) is 5.21. The lowest BCUT2D eigenvalue weighted by atomic mass is 10.9. The van der Waals surface area contributed by atoms with Crippen LogP contribution in [0.2, 0.25) is 12.1 Å². The van der Waals surface area contributed by atoms with Crippen molar-refractivity contribution < 1.29 is 0 Å². The van der Waals surface area contributed by atoms with E-state index in [4.69, 9.17) is 17.5 Å². The van der Waals surface area contributed by atoms with Crippen LogP contribution in [0.5, 0.6) is 0 Å². The van der Waals surface area contributed by atoms with Crippen LogP contribution in [0.25, 0.3) is 0 Å². The normalized spacial score (nSPS) is 10.8. The summed E-state index contributed by atoms with van der Waals surface area (Å²) in [5.41, 5.74) is 2.68. The second-order valence-electron chi connectivity index (χ2n) is 1.82. The molecule has 0 bridgehead atoms. The van der Waals surface area contributed by atoms with Gasteiger partial charge in [0.25, 0.3) is 0 Å². The van der Waals surface area contributed by atoms with Crippen LogP contribution in [0.4, 0.5) is 0 Å². The summed E-state index contributed by atoms with van der Waals surface area (Å²) in [4.78, 5) is 0.